The molecule has 1 aromatic rings. The molecule has 0 aromatic carbocycles. The largest absolute Gasteiger partial charge is 0.373 e. The molecule has 0 saturated carbocycles. The van der Waals surface area contributed by atoms with Crippen molar-refractivity contribution in [3.05, 3.63) is 23.9 Å². The maximum Gasteiger partial charge on any atom is 0.255 e. The molecular weight excluding hydrogens is 254 g/mol. The number of nitrogens with zero attached hydrogens (tertiary/aromatic N) is 2. The predicted molar refractivity (Wildman–Crippen MR) is 70.5 cm³/mol. The zero-order chi connectivity index (χ0) is 13.8. The molecule has 0 fully saturated rings. The third-order valence-corrected chi connectivity index (χ3v) is 3.33. The van der Waals surface area contributed by atoms with Gasteiger partial charge in [-0.3, -0.25) is 4.79 Å². The zero-order valence-corrected chi connectivity index (χ0v) is 11.5. The van der Waals surface area contributed by atoms with Crippen LogP contribution in [0.4, 0.5) is 5.82 Å². The van der Waals surface area contributed by atoms with Gasteiger partial charge in [0, 0.05) is 33.1 Å². The van der Waals surface area contributed by atoms with Crippen LogP contribution in [-0.4, -0.2) is 56.9 Å². The van der Waals surface area contributed by atoms with Crippen molar-refractivity contribution in [2.24, 2.45) is 0 Å². The molecule has 0 aliphatic rings. The lowest BCUT2D eigenvalue weighted by molar-refractivity contribution is 0.0803. The van der Waals surface area contributed by atoms with Crippen LogP contribution in [0, 0.1) is 0 Å². The first-order chi connectivity index (χ1) is 8.33. The van der Waals surface area contributed by atoms with Gasteiger partial charge in [-0.1, -0.05) is 0 Å². The number of carbonyl (C=O) groups excluding carboxylic acids is 1. The van der Waals surface area contributed by atoms with Gasteiger partial charge in [-0.15, -0.1) is 0 Å². The molecular formula is C11H17N3O3S. The van der Waals surface area contributed by atoms with E-state index in [1.807, 2.05) is 0 Å². The Morgan fingerprint density at radius 1 is 1.44 bits per heavy atom. The van der Waals surface area contributed by atoms with Crippen LogP contribution in [0.1, 0.15) is 10.4 Å². The van der Waals surface area contributed by atoms with Gasteiger partial charge in [-0.2, -0.15) is 0 Å². The third-order valence-electron chi connectivity index (χ3n) is 2.41. The first-order valence-electron chi connectivity index (χ1n) is 5.40. The number of nitrogens with one attached hydrogen (secondary N) is 1. The number of sulfone groups is 1. The van der Waals surface area contributed by atoms with E-state index in [1.54, 1.807) is 26.2 Å². The van der Waals surface area contributed by atoms with Crippen molar-refractivity contribution in [2.75, 3.05) is 38.0 Å². The summed E-state index contributed by atoms with van der Waals surface area (Å²) in [6.07, 6.45) is 2.61. The van der Waals surface area contributed by atoms with Gasteiger partial charge in [0.1, 0.15) is 15.7 Å². The Morgan fingerprint density at radius 2 is 2.11 bits per heavy atom. The minimum Gasteiger partial charge on any atom is -0.373 e. The molecule has 1 N–H and O–H groups in total. The van der Waals surface area contributed by atoms with Crippen LogP contribution in [0.2, 0.25) is 0 Å². The fourth-order valence-electron chi connectivity index (χ4n) is 1.29. The van der Waals surface area contributed by atoms with Crippen molar-refractivity contribution >= 4 is 21.6 Å². The van der Waals surface area contributed by atoms with Gasteiger partial charge in [-0.25, -0.2) is 13.4 Å². The normalized spacial score (nSPS) is 11.1. The molecule has 0 atom stereocenters. The van der Waals surface area contributed by atoms with Crippen molar-refractivity contribution in [3.63, 3.8) is 0 Å². The highest BCUT2D eigenvalue weighted by Gasteiger charge is 2.13. The number of hydrogen-bond acceptors (Lipinski definition) is 5. The van der Waals surface area contributed by atoms with E-state index in [2.05, 4.69) is 10.3 Å². The number of carbonyl (C=O) groups is 1. The average molecular weight is 271 g/mol. The van der Waals surface area contributed by atoms with E-state index in [0.29, 0.717) is 11.4 Å². The second-order valence-electron chi connectivity index (χ2n) is 4.04. The molecule has 0 aliphatic heterocycles. The Hall–Kier alpha value is -1.63. The molecule has 0 spiro atoms. The maximum atomic E-state index is 11.9. The molecule has 1 heterocycles. The molecule has 100 valence electrons. The quantitative estimate of drug-likeness (QED) is 0.830. The molecule has 1 aromatic heterocycles. The Kier molecular flexibility index (Phi) is 4.66. The molecule has 0 unspecified atom stereocenters. The molecule has 6 nitrogen and oxygen atoms in total. The SMILES string of the molecule is CNc1ccc(C(=O)N(C)CCS(C)(=O)=O)cn1. The first kappa shape index (κ1) is 14.4. The van der Waals surface area contributed by atoms with Gasteiger partial charge in [-0.05, 0) is 12.1 Å². The fraction of sp³-hybridized carbons (Fsp3) is 0.455. The topological polar surface area (TPSA) is 79.4 Å². The van der Waals surface area contributed by atoms with Crippen LogP contribution in [0.5, 0.6) is 0 Å². The monoisotopic (exact) mass is 271 g/mol. The Bertz CT molecular complexity index is 511. The Labute approximate surface area is 107 Å². The second-order valence-corrected chi connectivity index (χ2v) is 6.30. The summed E-state index contributed by atoms with van der Waals surface area (Å²) in [5.41, 5.74) is 0.435. The van der Waals surface area contributed by atoms with E-state index in [1.165, 1.54) is 11.1 Å². The van der Waals surface area contributed by atoms with E-state index in [0.717, 1.165) is 6.26 Å². The van der Waals surface area contributed by atoms with Crippen LogP contribution in [0.25, 0.3) is 0 Å². The molecule has 0 radical (unpaired) electrons. The smallest absolute Gasteiger partial charge is 0.255 e. The molecule has 18 heavy (non-hydrogen) atoms. The van der Waals surface area contributed by atoms with Crippen LogP contribution in [0.15, 0.2) is 18.3 Å². The highest BCUT2D eigenvalue weighted by atomic mass is 32.2. The van der Waals surface area contributed by atoms with Crippen LogP contribution in [-0.2, 0) is 9.84 Å². The summed E-state index contributed by atoms with van der Waals surface area (Å²) in [7, 11) is 0.242. The van der Waals surface area contributed by atoms with Gasteiger partial charge in [0.05, 0.1) is 11.3 Å². The van der Waals surface area contributed by atoms with E-state index in [9.17, 15) is 13.2 Å². The van der Waals surface area contributed by atoms with Gasteiger partial charge in [0.25, 0.3) is 5.91 Å². The standard InChI is InChI=1S/C11H17N3O3S/c1-12-10-5-4-9(8-13-10)11(15)14(2)6-7-18(3,16)17/h4-5,8H,6-7H2,1-3H3,(H,12,13). The number of aromatic nitrogens is 1. The summed E-state index contributed by atoms with van der Waals surface area (Å²) in [4.78, 5) is 17.3. The Balaban J connectivity index is 2.68. The molecule has 0 bridgehead atoms. The number of hydrogen-bond donors (Lipinski definition) is 1. The van der Waals surface area contributed by atoms with E-state index in [-0.39, 0.29) is 18.2 Å². The number of rotatable bonds is 5. The van der Waals surface area contributed by atoms with Crippen LogP contribution in [0.3, 0.4) is 0 Å². The van der Waals surface area contributed by atoms with Gasteiger partial charge < -0.3 is 10.2 Å². The number of pyridine rings is 1. The summed E-state index contributed by atoms with van der Waals surface area (Å²) in [6.45, 7) is 0.172. The van der Waals surface area contributed by atoms with Crippen LogP contribution >= 0.6 is 0 Å². The minimum atomic E-state index is -3.07. The van der Waals surface area contributed by atoms with Gasteiger partial charge in [0.2, 0.25) is 0 Å². The van der Waals surface area contributed by atoms with Crippen LogP contribution < -0.4 is 5.32 Å². The molecule has 1 amide bonds. The van der Waals surface area contributed by atoms with Crippen molar-refractivity contribution < 1.29 is 13.2 Å². The lowest BCUT2D eigenvalue weighted by Crippen LogP contribution is -2.31. The minimum absolute atomic E-state index is 0.0444. The van der Waals surface area contributed by atoms with Gasteiger partial charge in [0.15, 0.2) is 0 Å². The molecule has 0 aliphatic carbocycles. The summed E-state index contributed by atoms with van der Waals surface area (Å²) in [5, 5.41) is 2.85. The lowest BCUT2D eigenvalue weighted by Gasteiger charge is -2.16. The number of amides is 1. The lowest BCUT2D eigenvalue weighted by atomic mass is 10.2. The third kappa shape index (κ3) is 4.33. The van der Waals surface area contributed by atoms with Gasteiger partial charge >= 0.3 is 0 Å². The fourth-order valence-corrected chi connectivity index (χ4v) is 1.90. The zero-order valence-electron chi connectivity index (χ0n) is 10.7. The van der Waals surface area contributed by atoms with E-state index >= 15 is 0 Å². The summed E-state index contributed by atoms with van der Waals surface area (Å²) >= 11 is 0. The molecule has 1 rings (SSSR count). The first-order valence-corrected chi connectivity index (χ1v) is 7.46. The van der Waals surface area contributed by atoms with E-state index < -0.39 is 9.84 Å². The highest BCUT2D eigenvalue weighted by Crippen LogP contribution is 2.06. The summed E-state index contributed by atoms with van der Waals surface area (Å²) in [5.74, 6) is 0.385. The van der Waals surface area contributed by atoms with Crippen molar-refractivity contribution in [2.45, 2.75) is 0 Å². The van der Waals surface area contributed by atoms with E-state index in [4.69, 9.17) is 0 Å². The highest BCUT2D eigenvalue weighted by molar-refractivity contribution is 7.90. The molecule has 0 saturated heterocycles. The Morgan fingerprint density at radius 3 is 2.56 bits per heavy atom. The second kappa shape index (κ2) is 5.81. The number of anilines is 1. The summed E-state index contributed by atoms with van der Waals surface area (Å²) < 4.78 is 22.0. The summed E-state index contributed by atoms with van der Waals surface area (Å²) in [6, 6.07) is 3.34. The predicted octanol–water partition coefficient (Wildman–Crippen LogP) is 0.240. The molecule has 7 heteroatoms. The van der Waals surface area contributed by atoms with Crippen molar-refractivity contribution in [1.29, 1.82) is 0 Å². The van der Waals surface area contributed by atoms with Crippen molar-refractivity contribution in [3.8, 4) is 0 Å². The maximum absolute atomic E-state index is 11.9. The van der Waals surface area contributed by atoms with Crippen molar-refractivity contribution in [1.82, 2.24) is 9.88 Å². The average Bonchev–Trinajstić information content (AvgIpc) is 2.34.